The van der Waals surface area contributed by atoms with Crippen molar-refractivity contribution in [3.63, 3.8) is 0 Å². The molecule has 84 valence electrons. The van der Waals surface area contributed by atoms with E-state index in [1.807, 2.05) is 0 Å². The Morgan fingerprint density at radius 3 is 2.50 bits per heavy atom. The number of hydrogen-bond donors (Lipinski definition) is 2. The van der Waals surface area contributed by atoms with Crippen molar-refractivity contribution in [3.05, 3.63) is 0 Å². The third-order valence-electron chi connectivity index (χ3n) is 1.85. The molecular weight excluding hydrogens is 204 g/mol. The van der Waals surface area contributed by atoms with Crippen molar-refractivity contribution in [2.45, 2.75) is 26.3 Å². The van der Waals surface area contributed by atoms with Crippen LogP contribution in [0.4, 0.5) is 0 Å². The van der Waals surface area contributed by atoms with Crippen molar-refractivity contribution in [3.8, 4) is 0 Å². The van der Waals surface area contributed by atoms with E-state index in [9.17, 15) is 13.2 Å². The molecular formula is C8H18N2O3S. The second-order valence-electron chi connectivity index (χ2n) is 3.26. The zero-order chi connectivity index (χ0) is 11.2. The Morgan fingerprint density at radius 1 is 1.50 bits per heavy atom. The van der Waals surface area contributed by atoms with E-state index in [0.717, 1.165) is 0 Å². The molecule has 0 saturated heterocycles. The highest BCUT2D eigenvalue weighted by atomic mass is 32.2. The van der Waals surface area contributed by atoms with Gasteiger partial charge in [0.05, 0.1) is 5.75 Å². The van der Waals surface area contributed by atoms with E-state index >= 15 is 0 Å². The Kier molecular flexibility index (Phi) is 5.71. The van der Waals surface area contributed by atoms with Crippen molar-refractivity contribution in [2.75, 3.05) is 18.1 Å². The minimum atomic E-state index is -2.92. The molecule has 0 heterocycles. The minimum Gasteiger partial charge on any atom is -0.370 e. The number of nitrogens with one attached hydrogen (secondary N) is 1. The zero-order valence-electron chi connectivity index (χ0n) is 8.62. The highest BCUT2D eigenvalue weighted by molar-refractivity contribution is 7.91. The highest BCUT2D eigenvalue weighted by Crippen LogP contribution is 1.91. The van der Waals surface area contributed by atoms with Crippen LogP contribution in [-0.2, 0) is 14.6 Å². The van der Waals surface area contributed by atoms with Gasteiger partial charge in [-0.25, -0.2) is 8.42 Å². The maximum atomic E-state index is 11.1. The van der Waals surface area contributed by atoms with E-state index in [1.54, 1.807) is 13.8 Å². The summed E-state index contributed by atoms with van der Waals surface area (Å²) in [5, 5.41) is 2.92. The van der Waals surface area contributed by atoms with Gasteiger partial charge < -0.3 is 11.1 Å². The molecule has 0 rings (SSSR count). The molecule has 0 aromatic carbocycles. The molecule has 0 bridgehead atoms. The molecule has 14 heavy (non-hydrogen) atoms. The molecule has 1 amide bonds. The lowest BCUT2D eigenvalue weighted by molar-refractivity contribution is -0.118. The molecule has 0 aliphatic rings. The monoisotopic (exact) mass is 222 g/mol. The summed E-state index contributed by atoms with van der Waals surface area (Å²) < 4.78 is 22.1. The second kappa shape index (κ2) is 5.98. The number of primary amides is 1. The first-order chi connectivity index (χ1) is 6.37. The molecule has 1 atom stereocenters. The SMILES string of the molecule is CCS(=O)(=O)CCNC(C)CC(N)=O. The Labute approximate surface area is 85.0 Å². The van der Waals surface area contributed by atoms with Crippen LogP contribution < -0.4 is 11.1 Å². The Balaban J connectivity index is 3.69. The van der Waals surface area contributed by atoms with Crippen molar-refractivity contribution in [1.29, 1.82) is 0 Å². The van der Waals surface area contributed by atoms with E-state index in [0.29, 0.717) is 6.54 Å². The molecule has 0 saturated carbocycles. The first-order valence-corrected chi connectivity index (χ1v) is 6.41. The van der Waals surface area contributed by atoms with E-state index in [4.69, 9.17) is 5.73 Å². The predicted molar refractivity (Wildman–Crippen MR) is 55.6 cm³/mol. The third kappa shape index (κ3) is 6.85. The van der Waals surface area contributed by atoms with Crippen molar-refractivity contribution >= 4 is 15.7 Å². The van der Waals surface area contributed by atoms with Gasteiger partial charge in [0.2, 0.25) is 5.91 Å². The van der Waals surface area contributed by atoms with Gasteiger partial charge >= 0.3 is 0 Å². The summed E-state index contributed by atoms with van der Waals surface area (Å²) in [4.78, 5) is 10.5. The van der Waals surface area contributed by atoms with Gasteiger partial charge in [-0.3, -0.25) is 4.79 Å². The number of carbonyl (C=O) groups is 1. The van der Waals surface area contributed by atoms with Gasteiger partial charge in [-0.05, 0) is 6.92 Å². The topological polar surface area (TPSA) is 89.3 Å². The molecule has 0 spiro atoms. The third-order valence-corrected chi connectivity index (χ3v) is 3.56. The fourth-order valence-corrected chi connectivity index (χ4v) is 1.70. The second-order valence-corrected chi connectivity index (χ2v) is 5.73. The average molecular weight is 222 g/mol. The van der Waals surface area contributed by atoms with Gasteiger partial charge in [0.1, 0.15) is 0 Å². The number of sulfone groups is 1. The summed E-state index contributed by atoms with van der Waals surface area (Å²) in [5.74, 6) is -0.130. The molecule has 0 aliphatic carbocycles. The van der Waals surface area contributed by atoms with Crippen LogP contribution in [0.3, 0.4) is 0 Å². The number of hydrogen-bond acceptors (Lipinski definition) is 4. The Bertz CT molecular complexity index is 274. The predicted octanol–water partition coefficient (Wildman–Crippen LogP) is -0.725. The normalized spacial score (nSPS) is 13.9. The number of nitrogens with two attached hydrogens (primary N) is 1. The lowest BCUT2D eigenvalue weighted by Crippen LogP contribution is -2.34. The molecule has 0 aromatic rings. The lowest BCUT2D eigenvalue weighted by Gasteiger charge is -2.11. The molecule has 1 unspecified atom stereocenters. The van der Waals surface area contributed by atoms with E-state index in [-0.39, 0.29) is 29.9 Å². The fourth-order valence-electron chi connectivity index (χ4n) is 0.979. The van der Waals surface area contributed by atoms with Gasteiger partial charge in [-0.15, -0.1) is 0 Å². The highest BCUT2D eigenvalue weighted by Gasteiger charge is 2.09. The molecule has 0 aliphatic heterocycles. The smallest absolute Gasteiger partial charge is 0.218 e. The first-order valence-electron chi connectivity index (χ1n) is 4.59. The summed E-state index contributed by atoms with van der Waals surface area (Å²) in [6.45, 7) is 3.77. The molecule has 0 aromatic heterocycles. The summed E-state index contributed by atoms with van der Waals surface area (Å²) in [7, 11) is -2.92. The van der Waals surface area contributed by atoms with Crippen molar-refractivity contribution in [2.24, 2.45) is 5.73 Å². The maximum absolute atomic E-state index is 11.1. The largest absolute Gasteiger partial charge is 0.370 e. The van der Waals surface area contributed by atoms with Crippen LogP contribution in [0.15, 0.2) is 0 Å². The van der Waals surface area contributed by atoms with Crippen molar-refractivity contribution < 1.29 is 13.2 Å². The molecule has 3 N–H and O–H groups in total. The lowest BCUT2D eigenvalue weighted by atomic mass is 10.2. The van der Waals surface area contributed by atoms with Gasteiger partial charge in [0, 0.05) is 24.8 Å². The molecule has 5 nitrogen and oxygen atoms in total. The van der Waals surface area contributed by atoms with Gasteiger partial charge in [-0.2, -0.15) is 0 Å². The standard InChI is InChI=1S/C8H18N2O3S/c1-3-14(12,13)5-4-10-7(2)6-8(9)11/h7,10H,3-6H2,1-2H3,(H2,9,11). The van der Waals surface area contributed by atoms with Crippen LogP contribution in [0.5, 0.6) is 0 Å². The van der Waals surface area contributed by atoms with Gasteiger partial charge in [0.15, 0.2) is 9.84 Å². The van der Waals surface area contributed by atoms with Crippen LogP contribution in [0.2, 0.25) is 0 Å². The van der Waals surface area contributed by atoms with Crippen LogP contribution in [-0.4, -0.2) is 38.4 Å². The number of carbonyl (C=O) groups excluding carboxylic acids is 1. The van der Waals surface area contributed by atoms with Crippen LogP contribution >= 0.6 is 0 Å². The molecule has 0 fully saturated rings. The minimum absolute atomic E-state index is 0.0699. The summed E-state index contributed by atoms with van der Waals surface area (Å²) >= 11 is 0. The first kappa shape index (κ1) is 13.4. The quantitative estimate of drug-likeness (QED) is 0.594. The van der Waals surface area contributed by atoms with Crippen LogP contribution in [0, 0.1) is 0 Å². The Morgan fingerprint density at radius 2 is 2.07 bits per heavy atom. The van der Waals surface area contributed by atoms with E-state index < -0.39 is 9.84 Å². The van der Waals surface area contributed by atoms with Gasteiger partial charge in [-0.1, -0.05) is 6.92 Å². The van der Waals surface area contributed by atoms with E-state index in [1.165, 1.54) is 0 Å². The Hall–Kier alpha value is -0.620. The van der Waals surface area contributed by atoms with E-state index in [2.05, 4.69) is 5.32 Å². The van der Waals surface area contributed by atoms with Crippen molar-refractivity contribution in [1.82, 2.24) is 5.32 Å². The molecule has 6 heteroatoms. The average Bonchev–Trinajstić information content (AvgIpc) is 2.02. The van der Waals surface area contributed by atoms with Crippen LogP contribution in [0.1, 0.15) is 20.3 Å². The zero-order valence-corrected chi connectivity index (χ0v) is 9.43. The summed E-state index contributed by atoms with van der Waals surface area (Å²) in [6, 6.07) is -0.0699. The summed E-state index contributed by atoms with van der Waals surface area (Å²) in [6.07, 6.45) is 0.228. The number of rotatable bonds is 7. The summed E-state index contributed by atoms with van der Waals surface area (Å²) in [5.41, 5.74) is 4.98. The van der Waals surface area contributed by atoms with Gasteiger partial charge in [0.25, 0.3) is 0 Å². The van der Waals surface area contributed by atoms with Crippen LogP contribution in [0.25, 0.3) is 0 Å². The number of amides is 1. The molecule has 0 radical (unpaired) electrons. The maximum Gasteiger partial charge on any atom is 0.218 e. The fraction of sp³-hybridized carbons (Fsp3) is 0.875.